The van der Waals surface area contributed by atoms with Gasteiger partial charge in [-0.05, 0) is 43.4 Å². The molecule has 5 nitrogen and oxygen atoms in total. The number of rotatable bonds is 3. The molecule has 0 bridgehead atoms. The van der Waals surface area contributed by atoms with Crippen LogP contribution in [0.15, 0.2) is 36.5 Å². The van der Waals surface area contributed by atoms with Crippen molar-refractivity contribution in [2.45, 2.75) is 25.7 Å². The second-order valence-electron chi connectivity index (χ2n) is 5.93. The Morgan fingerprint density at radius 1 is 1.29 bits per heavy atom. The minimum atomic E-state index is -0.891. The summed E-state index contributed by atoms with van der Waals surface area (Å²) in [6.07, 6.45) is 2.12. The zero-order chi connectivity index (χ0) is 17.1. The molecule has 1 fully saturated rings. The second-order valence-corrected chi connectivity index (χ2v) is 5.93. The minimum absolute atomic E-state index is 0.149. The Morgan fingerprint density at radius 3 is 2.71 bits per heavy atom. The maximum atomic E-state index is 14.0. The lowest BCUT2D eigenvalue weighted by molar-refractivity contribution is 0.132. The van der Waals surface area contributed by atoms with Crippen molar-refractivity contribution in [1.29, 1.82) is 0 Å². The minimum Gasteiger partial charge on any atom is -0.465 e. The van der Waals surface area contributed by atoms with Crippen LogP contribution in [0.1, 0.15) is 29.9 Å². The van der Waals surface area contributed by atoms with Crippen molar-refractivity contribution in [3.63, 3.8) is 0 Å². The molecule has 1 aromatic heterocycles. The van der Waals surface area contributed by atoms with Gasteiger partial charge in [-0.1, -0.05) is 18.2 Å². The van der Waals surface area contributed by atoms with E-state index in [1.165, 1.54) is 11.0 Å². The van der Waals surface area contributed by atoms with Crippen LogP contribution in [0.5, 0.6) is 11.6 Å². The number of piperidine rings is 1. The summed E-state index contributed by atoms with van der Waals surface area (Å²) in [6.45, 7) is 2.74. The van der Waals surface area contributed by atoms with Crippen LogP contribution in [0.3, 0.4) is 0 Å². The molecule has 126 valence electrons. The highest BCUT2D eigenvalue weighted by Crippen LogP contribution is 2.36. The zero-order valence-electron chi connectivity index (χ0n) is 13.4. The molecule has 3 rings (SSSR count). The molecule has 0 atom stereocenters. The molecule has 6 heteroatoms. The number of aromatic nitrogens is 1. The summed E-state index contributed by atoms with van der Waals surface area (Å²) in [5.41, 5.74) is 1.59. The molecule has 1 aliphatic rings. The van der Waals surface area contributed by atoms with Gasteiger partial charge < -0.3 is 14.7 Å². The third-order valence-corrected chi connectivity index (χ3v) is 4.37. The number of halogens is 1. The molecule has 1 saturated heterocycles. The Bertz CT molecular complexity index is 723. The summed E-state index contributed by atoms with van der Waals surface area (Å²) >= 11 is 0. The van der Waals surface area contributed by atoms with Crippen molar-refractivity contribution >= 4 is 6.09 Å². The normalized spacial score (nSPS) is 15.3. The Hall–Kier alpha value is -2.63. The first-order chi connectivity index (χ1) is 11.6. The fourth-order valence-corrected chi connectivity index (χ4v) is 3.02. The van der Waals surface area contributed by atoms with Gasteiger partial charge in [0.2, 0.25) is 5.88 Å². The number of carbonyl (C=O) groups is 1. The van der Waals surface area contributed by atoms with Gasteiger partial charge in [0.1, 0.15) is 0 Å². The molecular weight excluding hydrogens is 311 g/mol. The first-order valence-corrected chi connectivity index (χ1v) is 7.92. The van der Waals surface area contributed by atoms with Gasteiger partial charge in [-0.25, -0.2) is 14.2 Å². The van der Waals surface area contributed by atoms with E-state index in [0.717, 1.165) is 5.56 Å². The number of hydrogen-bond donors (Lipinski definition) is 1. The van der Waals surface area contributed by atoms with Gasteiger partial charge in [0, 0.05) is 24.8 Å². The summed E-state index contributed by atoms with van der Waals surface area (Å²) in [7, 11) is 0. The Morgan fingerprint density at radius 2 is 2.04 bits per heavy atom. The van der Waals surface area contributed by atoms with Crippen molar-refractivity contribution in [1.82, 2.24) is 9.88 Å². The zero-order valence-corrected chi connectivity index (χ0v) is 13.4. The SMILES string of the molecule is Cc1cccc(F)c1Oc1ncccc1C1CCN(C(=O)O)CC1. The smallest absolute Gasteiger partial charge is 0.407 e. The molecule has 0 radical (unpaired) electrons. The summed E-state index contributed by atoms with van der Waals surface area (Å²) in [6, 6.07) is 8.51. The summed E-state index contributed by atoms with van der Waals surface area (Å²) in [5.74, 6) is 0.295. The van der Waals surface area contributed by atoms with Crippen LogP contribution in [0.4, 0.5) is 9.18 Å². The predicted octanol–water partition coefficient (Wildman–Crippen LogP) is 4.18. The first-order valence-electron chi connectivity index (χ1n) is 7.92. The van der Waals surface area contributed by atoms with Crippen LogP contribution in [-0.4, -0.2) is 34.2 Å². The van der Waals surface area contributed by atoms with Crippen molar-refractivity contribution in [3.8, 4) is 11.6 Å². The number of nitrogens with zero attached hydrogens (tertiary/aromatic N) is 2. The lowest BCUT2D eigenvalue weighted by Gasteiger charge is -2.30. The van der Waals surface area contributed by atoms with E-state index < -0.39 is 11.9 Å². The molecular formula is C18H19FN2O3. The molecule has 0 saturated carbocycles. The van der Waals surface area contributed by atoms with E-state index in [1.54, 1.807) is 25.3 Å². The van der Waals surface area contributed by atoms with E-state index >= 15 is 0 Å². The van der Waals surface area contributed by atoms with E-state index in [4.69, 9.17) is 9.84 Å². The van der Waals surface area contributed by atoms with E-state index in [0.29, 0.717) is 37.4 Å². The van der Waals surface area contributed by atoms with Crippen molar-refractivity contribution in [3.05, 3.63) is 53.5 Å². The monoisotopic (exact) mass is 330 g/mol. The van der Waals surface area contributed by atoms with Gasteiger partial charge in [-0.2, -0.15) is 0 Å². The van der Waals surface area contributed by atoms with Crippen molar-refractivity contribution < 1.29 is 19.0 Å². The highest BCUT2D eigenvalue weighted by molar-refractivity contribution is 5.65. The van der Waals surface area contributed by atoms with Crippen LogP contribution in [-0.2, 0) is 0 Å². The first kappa shape index (κ1) is 16.2. The highest BCUT2D eigenvalue weighted by atomic mass is 19.1. The maximum absolute atomic E-state index is 14.0. The second kappa shape index (κ2) is 6.86. The lowest BCUT2D eigenvalue weighted by Crippen LogP contribution is -2.36. The van der Waals surface area contributed by atoms with E-state index in [9.17, 15) is 9.18 Å². The van der Waals surface area contributed by atoms with Gasteiger partial charge in [0.15, 0.2) is 11.6 Å². The quantitative estimate of drug-likeness (QED) is 0.917. The molecule has 24 heavy (non-hydrogen) atoms. The third-order valence-electron chi connectivity index (χ3n) is 4.37. The predicted molar refractivity (Wildman–Crippen MR) is 87.0 cm³/mol. The molecule has 2 heterocycles. The molecule has 1 amide bonds. The van der Waals surface area contributed by atoms with Crippen LogP contribution in [0, 0.1) is 12.7 Å². The van der Waals surface area contributed by atoms with Crippen LogP contribution < -0.4 is 4.74 Å². The largest absolute Gasteiger partial charge is 0.465 e. The summed E-state index contributed by atoms with van der Waals surface area (Å²) in [5, 5.41) is 9.05. The maximum Gasteiger partial charge on any atom is 0.407 e. The van der Waals surface area contributed by atoms with Gasteiger partial charge >= 0.3 is 6.09 Å². The molecule has 1 aliphatic heterocycles. The van der Waals surface area contributed by atoms with Crippen molar-refractivity contribution in [2.24, 2.45) is 0 Å². The average molecular weight is 330 g/mol. The van der Waals surface area contributed by atoms with Crippen LogP contribution in [0.2, 0.25) is 0 Å². The summed E-state index contributed by atoms with van der Waals surface area (Å²) < 4.78 is 19.8. The number of pyridine rings is 1. The standard InChI is InChI=1S/C18H19FN2O3/c1-12-4-2-6-15(19)16(12)24-17-14(5-3-9-20-17)13-7-10-21(11-8-13)18(22)23/h2-6,9,13H,7-8,10-11H2,1H3,(H,22,23). The number of ether oxygens (including phenoxy) is 1. The van der Waals surface area contributed by atoms with Crippen LogP contribution in [0.25, 0.3) is 0 Å². The Kier molecular flexibility index (Phi) is 4.64. The van der Waals surface area contributed by atoms with Gasteiger partial charge in [-0.15, -0.1) is 0 Å². The molecule has 1 N–H and O–H groups in total. The third kappa shape index (κ3) is 3.32. The van der Waals surface area contributed by atoms with Gasteiger partial charge in [0.25, 0.3) is 0 Å². The number of likely N-dealkylation sites (tertiary alicyclic amines) is 1. The molecule has 0 spiro atoms. The summed E-state index contributed by atoms with van der Waals surface area (Å²) in [4.78, 5) is 16.7. The van der Waals surface area contributed by atoms with Gasteiger partial charge in [0.05, 0.1) is 0 Å². The number of amides is 1. The van der Waals surface area contributed by atoms with E-state index in [-0.39, 0.29) is 11.7 Å². The lowest BCUT2D eigenvalue weighted by atomic mass is 9.90. The molecule has 0 aliphatic carbocycles. The number of aryl methyl sites for hydroxylation is 1. The molecule has 1 aromatic carbocycles. The fraction of sp³-hybridized carbons (Fsp3) is 0.333. The van der Waals surface area contributed by atoms with Crippen LogP contribution >= 0.6 is 0 Å². The van der Waals surface area contributed by atoms with Crippen molar-refractivity contribution in [2.75, 3.05) is 13.1 Å². The molecule has 0 unspecified atom stereocenters. The number of carboxylic acid groups (broad SMARTS) is 1. The number of para-hydroxylation sites is 1. The van der Waals surface area contributed by atoms with Gasteiger partial charge in [-0.3, -0.25) is 0 Å². The van der Waals surface area contributed by atoms with E-state index in [1.807, 2.05) is 12.1 Å². The van der Waals surface area contributed by atoms with E-state index in [2.05, 4.69) is 4.98 Å². The molecule has 2 aromatic rings. The average Bonchev–Trinajstić information content (AvgIpc) is 2.59. The topological polar surface area (TPSA) is 62.7 Å². The number of hydrogen-bond acceptors (Lipinski definition) is 3. The highest BCUT2D eigenvalue weighted by Gasteiger charge is 2.26. The Labute approximate surface area is 139 Å². The fourth-order valence-electron chi connectivity index (χ4n) is 3.02. The number of benzene rings is 1. The Balaban J connectivity index is 1.83.